The molecule has 0 heterocycles. The Kier molecular flexibility index (Phi) is 6.58. The van der Waals surface area contributed by atoms with Crippen molar-refractivity contribution < 1.29 is 9.84 Å². The fourth-order valence-electron chi connectivity index (χ4n) is 2.07. The fraction of sp³-hybridized carbons (Fsp3) is 0.235. The Hall–Kier alpha value is -2.11. The highest BCUT2D eigenvalue weighted by atomic mass is 35.5. The normalized spacial score (nSPS) is 11.2. The lowest BCUT2D eigenvalue weighted by atomic mass is 10.2. The van der Waals surface area contributed by atoms with Crippen LogP contribution in [0.1, 0.15) is 11.1 Å². The molecule has 0 aliphatic carbocycles. The Bertz CT molecular complexity index is 736. The highest BCUT2D eigenvalue weighted by Crippen LogP contribution is 2.23. The van der Waals surface area contributed by atoms with Gasteiger partial charge in [0.1, 0.15) is 11.5 Å². The number of guanidine groups is 1. The van der Waals surface area contributed by atoms with Crippen LogP contribution in [0.2, 0.25) is 10.0 Å². The van der Waals surface area contributed by atoms with E-state index >= 15 is 0 Å². The van der Waals surface area contributed by atoms with Crippen LogP contribution in [0.4, 0.5) is 0 Å². The second-order valence-corrected chi connectivity index (χ2v) is 5.85. The lowest BCUT2D eigenvalue weighted by Gasteiger charge is -2.14. The summed E-state index contributed by atoms with van der Waals surface area (Å²) in [5.41, 5.74) is 1.62. The van der Waals surface area contributed by atoms with Crippen molar-refractivity contribution >= 4 is 29.2 Å². The molecule has 0 amide bonds. The van der Waals surface area contributed by atoms with Crippen molar-refractivity contribution in [2.24, 2.45) is 4.99 Å². The molecule has 0 radical (unpaired) electrons. The second-order valence-electron chi connectivity index (χ2n) is 5.01. The fourth-order valence-corrected chi connectivity index (χ4v) is 2.55. The van der Waals surface area contributed by atoms with E-state index < -0.39 is 0 Å². The summed E-state index contributed by atoms with van der Waals surface area (Å²) < 4.78 is 5.16. The average Bonchev–Trinajstić information content (AvgIpc) is 2.57. The van der Waals surface area contributed by atoms with E-state index in [1.54, 1.807) is 44.5 Å². The molecule has 7 heteroatoms. The highest BCUT2D eigenvalue weighted by molar-refractivity contribution is 6.35. The van der Waals surface area contributed by atoms with E-state index in [9.17, 15) is 5.11 Å². The zero-order chi connectivity index (χ0) is 17.5. The SMILES string of the molecule is CN=C(NCc1cc(OC)ccc1O)NCc1ccc(Cl)cc1Cl. The van der Waals surface area contributed by atoms with Crippen LogP contribution >= 0.6 is 23.2 Å². The van der Waals surface area contributed by atoms with Crippen LogP contribution in [0.3, 0.4) is 0 Å². The molecule has 0 saturated carbocycles. The number of halogens is 2. The van der Waals surface area contributed by atoms with E-state index in [0.29, 0.717) is 40.4 Å². The number of ether oxygens (including phenoxy) is 1. The predicted molar refractivity (Wildman–Crippen MR) is 98.2 cm³/mol. The third-order valence-corrected chi connectivity index (χ3v) is 4.00. The number of phenolic OH excluding ortho intramolecular Hbond substituents is 1. The van der Waals surface area contributed by atoms with Crippen LogP contribution in [0.5, 0.6) is 11.5 Å². The number of aliphatic imine (C=N–C) groups is 1. The minimum Gasteiger partial charge on any atom is -0.508 e. The van der Waals surface area contributed by atoms with Gasteiger partial charge in [0.2, 0.25) is 0 Å². The topological polar surface area (TPSA) is 65.9 Å². The maximum atomic E-state index is 9.90. The first-order valence-electron chi connectivity index (χ1n) is 7.28. The van der Waals surface area contributed by atoms with Crippen molar-refractivity contribution in [3.8, 4) is 11.5 Å². The van der Waals surface area contributed by atoms with Crippen LogP contribution in [0.25, 0.3) is 0 Å². The van der Waals surface area contributed by atoms with E-state index in [1.165, 1.54) is 0 Å². The number of nitrogens with one attached hydrogen (secondary N) is 2. The molecular weight excluding hydrogens is 349 g/mol. The van der Waals surface area contributed by atoms with E-state index in [4.69, 9.17) is 27.9 Å². The van der Waals surface area contributed by atoms with Gasteiger partial charge in [0.15, 0.2) is 5.96 Å². The standard InChI is InChI=1S/C17H19Cl2N3O2/c1-20-17(21-9-11-3-4-13(18)8-15(11)19)22-10-12-7-14(24-2)5-6-16(12)23/h3-8,23H,9-10H2,1-2H3,(H2,20,21,22). The lowest BCUT2D eigenvalue weighted by Crippen LogP contribution is -2.36. The van der Waals surface area contributed by atoms with Gasteiger partial charge in [0, 0.05) is 35.7 Å². The molecule has 2 aromatic carbocycles. The maximum Gasteiger partial charge on any atom is 0.191 e. The molecule has 0 atom stereocenters. The largest absolute Gasteiger partial charge is 0.508 e. The smallest absolute Gasteiger partial charge is 0.191 e. The van der Waals surface area contributed by atoms with Crippen LogP contribution < -0.4 is 15.4 Å². The van der Waals surface area contributed by atoms with Gasteiger partial charge in [0.25, 0.3) is 0 Å². The first-order chi connectivity index (χ1) is 11.5. The Morgan fingerprint density at radius 1 is 1.08 bits per heavy atom. The number of hydrogen-bond donors (Lipinski definition) is 3. The monoisotopic (exact) mass is 367 g/mol. The average molecular weight is 368 g/mol. The molecule has 128 valence electrons. The summed E-state index contributed by atoms with van der Waals surface area (Å²) in [6, 6.07) is 10.4. The van der Waals surface area contributed by atoms with Gasteiger partial charge < -0.3 is 20.5 Å². The molecule has 2 rings (SSSR count). The Balaban J connectivity index is 1.95. The number of rotatable bonds is 5. The molecule has 3 N–H and O–H groups in total. The Morgan fingerprint density at radius 3 is 2.42 bits per heavy atom. The summed E-state index contributed by atoms with van der Waals surface area (Å²) in [4.78, 5) is 4.15. The quantitative estimate of drug-likeness (QED) is 0.558. The maximum absolute atomic E-state index is 9.90. The van der Waals surface area contributed by atoms with Gasteiger partial charge in [-0.25, -0.2) is 0 Å². The van der Waals surface area contributed by atoms with Gasteiger partial charge in [-0.2, -0.15) is 0 Å². The number of aromatic hydroxyl groups is 1. The van der Waals surface area contributed by atoms with E-state index in [2.05, 4.69) is 15.6 Å². The zero-order valence-corrected chi connectivity index (χ0v) is 14.9. The number of phenols is 1. The molecule has 0 aromatic heterocycles. The molecule has 0 saturated heterocycles. The Morgan fingerprint density at radius 2 is 1.79 bits per heavy atom. The summed E-state index contributed by atoms with van der Waals surface area (Å²) in [6.45, 7) is 0.900. The van der Waals surface area contributed by atoms with Gasteiger partial charge in [0.05, 0.1) is 7.11 Å². The molecule has 0 unspecified atom stereocenters. The third kappa shape index (κ3) is 4.94. The van der Waals surface area contributed by atoms with Gasteiger partial charge in [-0.05, 0) is 35.9 Å². The van der Waals surface area contributed by atoms with E-state index in [-0.39, 0.29) is 5.75 Å². The summed E-state index contributed by atoms with van der Waals surface area (Å²) in [5, 5.41) is 17.4. The van der Waals surface area contributed by atoms with Gasteiger partial charge in [-0.15, -0.1) is 0 Å². The highest BCUT2D eigenvalue weighted by Gasteiger charge is 2.06. The van der Waals surface area contributed by atoms with Gasteiger partial charge in [-0.3, -0.25) is 4.99 Å². The van der Waals surface area contributed by atoms with E-state index in [1.807, 2.05) is 6.07 Å². The van der Waals surface area contributed by atoms with Crippen LogP contribution in [-0.2, 0) is 13.1 Å². The van der Waals surface area contributed by atoms with Crippen molar-refractivity contribution in [2.45, 2.75) is 13.1 Å². The first-order valence-corrected chi connectivity index (χ1v) is 8.03. The second kappa shape index (κ2) is 8.66. The molecule has 0 bridgehead atoms. The molecule has 0 spiro atoms. The summed E-state index contributed by atoms with van der Waals surface area (Å²) in [5.74, 6) is 1.46. The number of hydrogen-bond acceptors (Lipinski definition) is 3. The summed E-state index contributed by atoms with van der Waals surface area (Å²) in [7, 11) is 3.25. The van der Waals surface area contributed by atoms with Crippen molar-refractivity contribution in [3.63, 3.8) is 0 Å². The third-order valence-electron chi connectivity index (χ3n) is 3.42. The first kappa shape index (κ1) is 18.2. The zero-order valence-electron chi connectivity index (χ0n) is 13.4. The minimum absolute atomic E-state index is 0.194. The molecule has 0 aliphatic rings. The predicted octanol–water partition coefficient (Wildman–Crippen LogP) is 3.57. The number of methoxy groups -OCH3 is 1. The number of benzene rings is 2. The van der Waals surface area contributed by atoms with Gasteiger partial charge >= 0.3 is 0 Å². The Labute approximate surface area is 151 Å². The van der Waals surface area contributed by atoms with Crippen LogP contribution in [0.15, 0.2) is 41.4 Å². The molecule has 2 aromatic rings. The molecule has 24 heavy (non-hydrogen) atoms. The van der Waals surface area contributed by atoms with Gasteiger partial charge in [-0.1, -0.05) is 29.3 Å². The molecule has 0 aliphatic heterocycles. The van der Waals surface area contributed by atoms with E-state index in [0.717, 1.165) is 5.56 Å². The molecule has 5 nitrogen and oxygen atoms in total. The van der Waals surface area contributed by atoms with Crippen molar-refractivity contribution in [1.82, 2.24) is 10.6 Å². The summed E-state index contributed by atoms with van der Waals surface area (Å²) >= 11 is 12.0. The van der Waals surface area contributed by atoms with Crippen molar-refractivity contribution in [1.29, 1.82) is 0 Å². The van der Waals surface area contributed by atoms with Crippen molar-refractivity contribution in [2.75, 3.05) is 14.2 Å². The summed E-state index contributed by atoms with van der Waals surface area (Å²) in [6.07, 6.45) is 0. The molecular formula is C17H19Cl2N3O2. The number of nitrogens with zero attached hydrogens (tertiary/aromatic N) is 1. The van der Waals surface area contributed by atoms with Crippen LogP contribution in [0, 0.1) is 0 Å². The van der Waals surface area contributed by atoms with Crippen LogP contribution in [-0.4, -0.2) is 25.2 Å². The lowest BCUT2D eigenvalue weighted by molar-refractivity contribution is 0.410. The minimum atomic E-state index is 0.194. The van der Waals surface area contributed by atoms with Crippen molar-refractivity contribution in [3.05, 3.63) is 57.6 Å². The molecule has 0 fully saturated rings.